The summed E-state index contributed by atoms with van der Waals surface area (Å²) in [5.41, 5.74) is 2.45. The Morgan fingerprint density at radius 1 is 1.04 bits per heavy atom. The van der Waals surface area contributed by atoms with Crippen LogP contribution in [0.4, 0.5) is 0 Å². The zero-order chi connectivity index (χ0) is 16.8. The fourth-order valence-corrected chi connectivity index (χ4v) is 2.87. The first-order chi connectivity index (χ1) is 11.7. The maximum absolute atomic E-state index is 10.2. The van der Waals surface area contributed by atoms with Gasteiger partial charge in [-0.1, -0.05) is 36.4 Å². The van der Waals surface area contributed by atoms with Crippen LogP contribution in [0.15, 0.2) is 60.7 Å². The van der Waals surface area contributed by atoms with E-state index in [1.807, 2.05) is 42.5 Å². The van der Waals surface area contributed by atoms with Crippen LogP contribution in [0.1, 0.15) is 12.0 Å². The molecule has 1 aliphatic rings. The quantitative estimate of drug-likeness (QED) is 0.857. The third kappa shape index (κ3) is 4.60. The molecule has 0 saturated carbocycles. The molecule has 1 atom stereocenters. The second-order valence-electron chi connectivity index (χ2n) is 6.06. The summed E-state index contributed by atoms with van der Waals surface area (Å²) >= 11 is 0. The lowest BCUT2D eigenvalue weighted by Gasteiger charge is -2.28. The van der Waals surface area contributed by atoms with Gasteiger partial charge in [0.1, 0.15) is 24.2 Å². The molecule has 4 heteroatoms. The van der Waals surface area contributed by atoms with E-state index >= 15 is 0 Å². The Bertz CT molecular complexity index is 667. The summed E-state index contributed by atoms with van der Waals surface area (Å²) in [6.07, 6.45) is 2.63. The van der Waals surface area contributed by atoms with Gasteiger partial charge in [-0.15, -0.1) is 0 Å². The van der Waals surface area contributed by atoms with Gasteiger partial charge in [-0.2, -0.15) is 0 Å². The summed E-state index contributed by atoms with van der Waals surface area (Å²) in [4.78, 5) is 2.23. The van der Waals surface area contributed by atoms with Crippen LogP contribution < -0.4 is 4.74 Å². The number of benzene rings is 2. The monoisotopic (exact) mass is 325 g/mol. The van der Waals surface area contributed by atoms with Crippen LogP contribution in [0.2, 0.25) is 0 Å². The van der Waals surface area contributed by atoms with E-state index in [-0.39, 0.29) is 0 Å². The van der Waals surface area contributed by atoms with Gasteiger partial charge in [0.25, 0.3) is 0 Å². The number of ether oxygens (including phenoxy) is 1. The summed E-state index contributed by atoms with van der Waals surface area (Å²) in [5, 5.41) is 19.5. The molecular weight excluding hydrogens is 302 g/mol. The number of aliphatic hydroxyl groups excluding tert-OH is 1. The smallest absolute Gasteiger partial charge is 0.119 e. The first-order valence-corrected chi connectivity index (χ1v) is 8.27. The van der Waals surface area contributed by atoms with E-state index in [1.165, 1.54) is 5.57 Å². The number of para-hydroxylation sites is 1. The Morgan fingerprint density at radius 2 is 1.79 bits per heavy atom. The van der Waals surface area contributed by atoms with Crippen LogP contribution in [0.5, 0.6) is 11.5 Å². The van der Waals surface area contributed by atoms with E-state index in [0.717, 1.165) is 30.8 Å². The molecule has 0 aliphatic carbocycles. The summed E-state index contributed by atoms with van der Waals surface area (Å²) < 4.78 is 5.60. The van der Waals surface area contributed by atoms with Crippen molar-refractivity contribution in [1.29, 1.82) is 0 Å². The van der Waals surface area contributed by atoms with Gasteiger partial charge in [0.15, 0.2) is 0 Å². The van der Waals surface area contributed by atoms with Crippen molar-refractivity contribution < 1.29 is 14.9 Å². The second-order valence-corrected chi connectivity index (χ2v) is 6.06. The van der Waals surface area contributed by atoms with Gasteiger partial charge in [0, 0.05) is 19.6 Å². The van der Waals surface area contributed by atoms with E-state index in [9.17, 15) is 10.2 Å². The van der Waals surface area contributed by atoms with Crippen LogP contribution in [0, 0.1) is 0 Å². The van der Waals surface area contributed by atoms with Crippen LogP contribution >= 0.6 is 0 Å². The Balaban J connectivity index is 1.46. The fraction of sp³-hybridized carbons (Fsp3) is 0.300. The van der Waals surface area contributed by atoms with E-state index in [1.54, 1.807) is 12.1 Å². The summed E-state index contributed by atoms with van der Waals surface area (Å²) in [6.45, 7) is 2.63. The lowest BCUT2D eigenvalue weighted by atomic mass is 9.99. The standard InChI is InChI=1S/C20H23NO3/c22-18-8-6-16(7-9-18)17-10-12-21(13-11-17)14-19(23)15-24-20-4-2-1-3-5-20/h1-10,19,22-23H,11-15H2. The summed E-state index contributed by atoms with van der Waals surface area (Å²) in [6, 6.07) is 16.9. The Morgan fingerprint density at radius 3 is 2.46 bits per heavy atom. The van der Waals surface area contributed by atoms with Crippen molar-refractivity contribution in [2.75, 3.05) is 26.2 Å². The fourth-order valence-electron chi connectivity index (χ4n) is 2.87. The molecule has 0 bridgehead atoms. The zero-order valence-electron chi connectivity index (χ0n) is 13.6. The molecular formula is C20H23NO3. The van der Waals surface area contributed by atoms with Crippen LogP contribution in [-0.2, 0) is 0 Å². The summed E-state index contributed by atoms with van der Waals surface area (Å²) in [7, 11) is 0. The minimum Gasteiger partial charge on any atom is -0.508 e. The van der Waals surface area contributed by atoms with Crippen LogP contribution in [0.25, 0.3) is 5.57 Å². The topological polar surface area (TPSA) is 52.9 Å². The van der Waals surface area contributed by atoms with Gasteiger partial charge in [0.2, 0.25) is 0 Å². The molecule has 2 N–H and O–H groups in total. The predicted octanol–water partition coefficient (Wildman–Crippen LogP) is 2.92. The minimum absolute atomic E-state index is 0.290. The van der Waals surface area contributed by atoms with Gasteiger partial charge in [-0.05, 0) is 41.8 Å². The number of rotatable bonds is 6. The number of phenolic OH excluding ortho intramolecular Hbond substituents is 1. The molecule has 1 heterocycles. The highest BCUT2D eigenvalue weighted by atomic mass is 16.5. The third-order valence-electron chi connectivity index (χ3n) is 4.19. The number of hydrogen-bond donors (Lipinski definition) is 2. The molecule has 24 heavy (non-hydrogen) atoms. The molecule has 1 aliphatic heterocycles. The lowest BCUT2D eigenvalue weighted by molar-refractivity contribution is 0.0717. The van der Waals surface area contributed by atoms with E-state index in [4.69, 9.17) is 4.74 Å². The number of phenols is 1. The van der Waals surface area contributed by atoms with Gasteiger partial charge in [0.05, 0.1) is 0 Å². The van der Waals surface area contributed by atoms with E-state index < -0.39 is 6.10 Å². The normalized spacial score (nSPS) is 16.5. The number of aromatic hydroxyl groups is 1. The highest BCUT2D eigenvalue weighted by Crippen LogP contribution is 2.24. The third-order valence-corrected chi connectivity index (χ3v) is 4.19. The Hall–Kier alpha value is -2.30. The van der Waals surface area contributed by atoms with Gasteiger partial charge >= 0.3 is 0 Å². The first-order valence-electron chi connectivity index (χ1n) is 8.27. The minimum atomic E-state index is -0.506. The molecule has 4 nitrogen and oxygen atoms in total. The number of hydrogen-bond acceptors (Lipinski definition) is 4. The zero-order valence-corrected chi connectivity index (χ0v) is 13.6. The maximum Gasteiger partial charge on any atom is 0.119 e. The molecule has 126 valence electrons. The molecule has 0 spiro atoms. The van der Waals surface area contributed by atoms with E-state index in [0.29, 0.717) is 18.9 Å². The van der Waals surface area contributed by atoms with Crippen LogP contribution in [-0.4, -0.2) is 47.5 Å². The van der Waals surface area contributed by atoms with Crippen molar-refractivity contribution in [2.24, 2.45) is 0 Å². The maximum atomic E-state index is 10.2. The molecule has 0 aromatic heterocycles. The largest absolute Gasteiger partial charge is 0.508 e. The highest BCUT2D eigenvalue weighted by Gasteiger charge is 2.16. The molecule has 2 aromatic carbocycles. The van der Waals surface area contributed by atoms with Crippen molar-refractivity contribution in [1.82, 2.24) is 4.90 Å². The SMILES string of the molecule is Oc1ccc(C2=CCN(CC(O)COc3ccccc3)CC2)cc1. The number of nitrogens with zero attached hydrogens (tertiary/aromatic N) is 1. The average Bonchev–Trinajstić information content (AvgIpc) is 2.62. The molecule has 0 fully saturated rings. The molecule has 2 aromatic rings. The van der Waals surface area contributed by atoms with Crippen molar-refractivity contribution >= 4 is 5.57 Å². The molecule has 0 radical (unpaired) electrons. The Labute approximate surface area is 142 Å². The van der Waals surface area contributed by atoms with E-state index in [2.05, 4.69) is 11.0 Å². The molecule has 1 unspecified atom stereocenters. The number of aliphatic hydroxyl groups is 1. The average molecular weight is 325 g/mol. The number of β-amino-alcohol motifs (C(OH)–C–C–N with tert-alkyl or cyclic N) is 1. The van der Waals surface area contributed by atoms with Gasteiger partial charge < -0.3 is 14.9 Å². The second kappa shape index (κ2) is 7.99. The lowest BCUT2D eigenvalue weighted by Crippen LogP contribution is -2.38. The van der Waals surface area contributed by atoms with Crippen LogP contribution in [0.3, 0.4) is 0 Å². The molecule has 0 saturated heterocycles. The van der Waals surface area contributed by atoms with Crippen molar-refractivity contribution in [3.8, 4) is 11.5 Å². The van der Waals surface area contributed by atoms with Gasteiger partial charge in [-0.3, -0.25) is 4.90 Å². The summed E-state index contributed by atoms with van der Waals surface area (Å²) in [5.74, 6) is 1.07. The first kappa shape index (κ1) is 16.6. The predicted molar refractivity (Wildman–Crippen MR) is 95.1 cm³/mol. The highest BCUT2D eigenvalue weighted by molar-refractivity contribution is 5.67. The Kier molecular flexibility index (Phi) is 5.51. The van der Waals surface area contributed by atoms with Crippen molar-refractivity contribution in [3.63, 3.8) is 0 Å². The molecule has 0 amide bonds. The van der Waals surface area contributed by atoms with Crippen molar-refractivity contribution in [3.05, 3.63) is 66.2 Å². The van der Waals surface area contributed by atoms with Crippen molar-refractivity contribution in [2.45, 2.75) is 12.5 Å². The molecule has 3 rings (SSSR count). The van der Waals surface area contributed by atoms with Gasteiger partial charge in [-0.25, -0.2) is 0 Å².